The lowest BCUT2D eigenvalue weighted by molar-refractivity contribution is -0.139. The summed E-state index contributed by atoms with van der Waals surface area (Å²) in [6.45, 7) is 4.07. The summed E-state index contributed by atoms with van der Waals surface area (Å²) >= 11 is 0. The number of hydrazine groups is 1. The van der Waals surface area contributed by atoms with Crippen molar-refractivity contribution in [1.82, 2.24) is 10.4 Å². The van der Waals surface area contributed by atoms with Crippen molar-refractivity contribution in [3.8, 4) is 11.5 Å². The van der Waals surface area contributed by atoms with Crippen LogP contribution in [0.25, 0.3) is 0 Å². The fourth-order valence-electron chi connectivity index (χ4n) is 2.89. The van der Waals surface area contributed by atoms with Gasteiger partial charge in [-0.25, -0.2) is 5.01 Å². The first-order chi connectivity index (χ1) is 13.5. The number of fused-ring (bicyclic) bond motifs is 1. The van der Waals surface area contributed by atoms with Gasteiger partial charge in [0.15, 0.2) is 17.3 Å². The molecule has 1 amide bonds. The number of carbonyl (C=O) groups excluding carboxylic acids is 1. The summed E-state index contributed by atoms with van der Waals surface area (Å²) < 4.78 is 16.3. The van der Waals surface area contributed by atoms with Crippen LogP contribution in [0.1, 0.15) is 25.0 Å². The van der Waals surface area contributed by atoms with E-state index < -0.39 is 5.72 Å². The molecule has 146 valence electrons. The van der Waals surface area contributed by atoms with Gasteiger partial charge in [0.05, 0.1) is 6.61 Å². The van der Waals surface area contributed by atoms with Crippen LogP contribution < -0.4 is 14.9 Å². The number of amidine groups is 1. The van der Waals surface area contributed by atoms with Crippen molar-refractivity contribution in [3.63, 3.8) is 0 Å². The van der Waals surface area contributed by atoms with E-state index in [-0.39, 0.29) is 19.3 Å². The van der Waals surface area contributed by atoms with Crippen LogP contribution in [-0.4, -0.2) is 35.9 Å². The largest absolute Gasteiger partial charge is 0.454 e. The number of benzene rings is 2. The Hall–Kier alpha value is -3.26. The first kappa shape index (κ1) is 18.1. The average molecular weight is 383 g/mol. The third-order valence-corrected chi connectivity index (χ3v) is 4.32. The summed E-state index contributed by atoms with van der Waals surface area (Å²) in [7, 11) is 0. The van der Waals surface area contributed by atoms with Crippen molar-refractivity contribution in [2.75, 3.05) is 13.4 Å². The second-order valence-corrected chi connectivity index (χ2v) is 6.87. The number of carbonyl (C=O) groups is 1. The molecule has 0 atom stereocenters. The summed E-state index contributed by atoms with van der Waals surface area (Å²) in [5, 5.41) is 5.72. The zero-order valence-corrected chi connectivity index (χ0v) is 15.7. The van der Waals surface area contributed by atoms with E-state index in [2.05, 4.69) is 10.6 Å². The van der Waals surface area contributed by atoms with Crippen LogP contribution in [0.3, 0.4) is 0 Å². The highest BCUT2D eigenvalue weighted by atomic mass is 16.7. The third kappa shape index (κ3) is 3.72. The van der Waals surface area contributed by atoms with Gasteiger partial charge < -0.3 is 19.0 Å². The van der Waals surface area contributed by atoms with Gasteiger partial charge in [-0.1, -0.05) is 35.5 Å². The molecule has 28 heavy (non-hydrogen) atoms. The van der Waals surface area contributed by atoms with Crippen LogP contribution in [-0.2, 0) is 21.0 Å². The molecule has 8 nitrogen and oxygen atoms in total. The highest BCUT2D eigenvalue weighted by Gasteiger charge is 2.40. The molecule has 8 heteroatoms. The molecule has 2 aromatic rings. The van der Waals surface area contributed by atoms with Crippen LogP contribution in [0.2, 0.25) is 0 Å². The van der Waals surface area contributed by atoms with Crippen LogP contribution in [0.5, 0.6) is 11.5 Å². The predicted octanol–water partition coefficient (Wildman–Crippen LogP) is 2.39. The normalized spacial score (nSPS) is 16.5. The maximum atomic E-state index is 12.4. The van der Waals surface area contributed by atoms with Gasteiger partial charge in [-0.15, -0.1) is 0 Å². The van der Waals surface area contributed by atoms with E-state index in [1.165, 1.54) is 0 Å². The number of rotatable bonds is 6. The lowest BCUT2D eigenvalue weighted by Gasteiger charge is -2.31. The highest BCUT2D eigenvalue weighted by molar-refractivity contribution is 6.01. The Bertz CT molecular complexity index is 898. The van der Waals surface area contributed by atoms with Crippen LogP contribution in [0.4, 0.5) is 0 Å². The molecule has 2 aliphatic rings. The summed E-state index contributed by atoms with van der Waals surface area (Å²) in [5.74, 6) is 1.47. The number of oxime groups is 1. The summed E-state index contributed by atoms with van der Waals surface area (Å²) in [4.78, 5) is 17.9. The summed E-state index contributed by atoms with van der Waals surface area (Å²) in [6.07, 6.45) is 0. The van der Waals surface area contributed by atoms with Crippen LogP contribution in [0, 0.1) is 0 Å². The molecule has 1 N–H and O–H groups in total. The first-order valence-corrected chi connectivity index (χ1v) is 8.90. The van der Waals surface area contributed by atoms with E-state index in [4.69, 9.17) is 19.0 Å². The maximum absolute atomic E-state index is 12.4. The zero-order chi connectivity index (χ0) is 19.6. The van der Waals surface area contributed by atoms with Gasteiger partial charge in [-0.3, -0.25) is 10.2 Å². The lowest BCUT2D eigenvalue weighted by atomic mass is 10.1. The maximum Gasteiger partial charge on any atom is 0.264 e. The van der Waals surface area contributed by atoms with Crippen LogP contribution in [0.15, 0.2) is 53.7 Å². The zero-order valence-electron chi connectivity index (χ0n) is 15.7. The summed E-state index contributed by atoms with van der Waals surface area (Å²) in [6, 6.07) is 15.1. The molecule has 0 spiro atoms. The Balaban J connectivity index is 1.41. The number of nitrogens with zero attached hydrogens (tertiary/aromatic N) is 2. The van der Waals surface area contributed by atoms with Gasteiger partial charge >= 0.3 is 0 Å². The van der Waals surface area contributed by atoms with E-state index in [1.807, 2.05) is 50.2 Å². The second-order valence-electron chi connectivity index (χ2n) is 6.87. The topological polar surface area (TPSA) is 81.6 Å². The number of ether oxygens (including phenoxy) is 3. The van der Waals surface area contributed by atoms with Crippen molar-refractivity contribution < 1.29 is 23.8 Å². The molecule has 0 saturated heterocycles. The predicted molar refractivity (Wildman–Crippen MR) is 100 cm³/mol. The van der Waals surface area contributed by atoms with Crippen molar-refractivity contribution in [2.24, 2.45) is 5.16 Å². The van der Waals surface area contributed by atoms with Gasteiger partial charge in [0.1, 0.15) is 6.61 Å². The van der Waals surface area contributed by atoms with Gasteiger partial charge in [-0.05, 0) is 37.6 Å². The van der Waals surface area contributed by atoms with Gasteiger partial charge in [0.25, 0.3) is 5.91 Å². The fraction of sp³-hybridized carbons (Fsp3) is 0.300. The smallest absolute Gasteiger partial charge is 0.264 e. The molecular weight excluding hydrogens is 362 g/mol. The monoisotopic (exact) mass is 383 g/mol. The lowest BCUT2D eigenvalue weighted by Crippen LogP contribution is -2.55. The Kier molecular flexibility index (Phi) is 4.79. The van der Waals surface area contributed by atoms with E-state index in [0.29, 0.717) is 23.9 Å². The van der Waals surface area contributed by atoms with Crippen molar-refractivity contribution >= 4 is 11.7 Å². The SMILES string of the molecule is CC1(C)ON=C(c2ccc3c(c2)OCO3)N1NC(=O)COCc1ccccc1. The molecule has 2 heterocycles. The van der Waals surface area contributed by atoms with Crippen molar-refractivity contribution in [1.29, 1.82) is 0 Å². The van der Waals surface area contributed by atoms with Gasteiger partial charge in [0, 0.05) is 5.56 Å². The Morgan fingerprint density at radius 2 is 1.96 bits per heavy atom. The van der Waals surface area contributed by atoms with Crippen molar-refractivity contribution in [2.45, 2.75) is 26.2 Å². The Labute approximate surface area is 162 Å². The average Bonchev–Trinajstić information content (AvgIpc) is 3.26. The molecule has 0 aromatic heterocycles. The standard InChI is InChI=1S/C20H21N3O5/c1-20(2)23(21-18(24)12-25-11-14-6-4-3-5-7-14)19(22-28-20)15-8-9-16-17(10-15)27-13-26-16/h3-10H,11-13H2,1-2H3,(H,21,24). The molecule has 0 fully saturated rings. The number of hydrogen-bond acceptors (Lipinski definition) is 7. The highest BCUT2D eigenvalue weighted by Crippen LogP contribution is 2.34. The molecule has 4 rings (SSSR count). The molecule has 2 aromatic carbocycles. The Morgan fingerprint density at radius 3 is 2.79 bits per heavy atom. The van der Waals surface area contributed by atoms with Gasteiger partial charge in [0.2, 0.25) is 12.5 Å². The molecular formula is C20H21N3O5. The number of nitrogens with one attached hydrogen (secondary N) is 1. The van der Waals surface area contributed by atoms with Gasteiger partial charge in [-0.2, -0.15) is 0 Å². The first-order valence-electron chi connectivity index (χ1n) is 8.90. The van der Waals surface area contributed by atoms with Crippen LogP contribution >= 0.6 is 0 Å². The van der Waals surface area contributed by atoms with E-state index in [9.17, 15) is 4.79 Å². The molecule has 0 unspecified atom stereocenters. The second kappa shape index (κ2) is 7.40. The van der Waals surface area contributed by atoms with E-state index in [0.717, 1.165) is 11.1 Å². The molecule has 0 radical (unpaired) electrons. The summed E-state index contributed by atoms with van der Waals surface area (Å²) in [5.41, 5.74) is 3.71. The third-order valence-electron chi connectivity index (χ3n) is 4.32. The number of amides is 1. The van der Waals surface area contributed by atoms with Crippen molar-refractivity contribution in [3.05, 3.63) is 59.7 Å². The minimum absolute atomic E-state index is 0.0874. The molecule has 2 aliphatic heterocycles. The molecule has 0 aliphatic carbocycles. The minimum Gasteiger partial charge on any atom is -0.454 e. The number of hydrogen-bond donors (Lipinski definition) is 1. The Morgan fingerprint density at radius 1 is 1.18 bits per heavy atom. The quantitative estimate of drug-likeness (QED) is 0.825. The van der Waals surface area contributed by atoms with E-state index in [1.54, 1.807) is 17.1 Å². The molecule has 0 bridgehead atoms. The minimum atomic E-state index is -0.846. The van der Waals surface area contributed by atoms with E-state index >= 15 is 0 Å². The molecule has 0 saturated carbocycles. The fourth-order valence-corrected chi connectivity index (χ4v) is 2.89.